The van der Waals surface area contributed by atoms with E-state index in [4.69, 9.17) is 10.5 Å². The Morgan fingerprint density at radius 2 is 2.33 bits per heavy atom. The summed E-state index contributed by atoms with van der Waals surface area (Å²) >= 11 is 0. The van der Waals surface area contributed by atoms with Crippen molar-refractivity contribution >= 4 is 0 Å². The molecule has 4 nitrogen and oxygen atoms in total. The summed E-state index contributed by atoms with van der Waals surface area (Å²) in [7, 11) is 0. The maximum absolute atomic E-state index is 6.31. The minimum Gasteiger partial charge on any atom is -0.376 e. The molecule has 18 heavy (non-hydrogen) atoms. The van der Waals surface area contributed by atoms with Crippen LogP contribution in [0.1, 0.15) is 52.3 Å². The molecule has 102 valence electrons. The van der Waals surface area contributed by atoms with Gasteiger partial charge in [-0.15, -0.1) is 0 Å². The molecule has 3 unspecified atom stereocenters. The van der Waals surface area contributed by atoms with Crippen molar-refractivity contribution in [3.63, 3.8) is 0 Å². The molecule has 0 saturated carbocycles. The van der Waals surface area contributed by atoms with Gasteiger partial charge in [0.15, 0.2) is 0 Å². The molecule has 2 rings (SSSR count). The SMILES string of the molecule is CC(C)CC(N)c1cncn1C1(C)CCOC1C. The Bertz CT molecular complexity index is 401. The maximum atomic E-state index is 6.31. The predicted molar refractivity (Wildman–Crippen MR) is 72.3 cm³/mol. The van der Waals surface area contributed by atoms with Crippen LogP contribution in [-0.2, 0) is 10.3 Å². The molecule has 1 aliphatic rings. The Hall–Kier alpha value is -0.870. The van der Waals surface area contributed by atoms with Crippen LogP contribution in [0.4, 0.5) is 0 Å². The molecule has 0 amide bonds. The van der Waals surface area contributed by atoms with Gasteiger partial charge in [0, 0.05) is 18.8 Å². The highest BCUT2D eigenvalue weighted by atomic mass is 16.5. The molecular weight excluding hydrogens is 226 g/mol. The van der Waals surface area contributed by atoms with Crippen LogP contribution in [0.25, 0.3) is 0 Å². The Labute approximate surface area is 110 Å². The molecule has 0 bridgehead atoms. The van der Waals surface area contributed by atoms with Crippen LogP contribution in [0.2, 0.25) is 0 Å². The molecule has 0 radical (unpaired) electrons. The lowest BCUT2D eigenvalue weighted by atomic mass is 9.92. The second-order valence-corrected chi connectivity index (χ2v) is 6.04. The number of ether oxygens (including phenoxy) is 1. The average molecular weight is 251 g/mol. The second-order valence-electron chi connectivity index (χ2n) is 6.04. The van der Waals surface area contributed by atoms with Crippen LogP contribution < -0.4 is 5.73 Å². The third kappa shape index (κ3) is 2.31. The summed E-state index contributed by atoms with van der Waals surface area (Å²) in [4.78, 5) is 4.30. The zero-order valence-corrected chi connectivity index (χ0v) is 11.9. The Morgan fingerprint density at radius 1 is 1.61 bits per heavy atom. The number of nitrogens with two attached hydrogens (primary N) is 1. The average Bonchev–Trinajstić information content (AvgIpc) is 2.86. The van der Waals surface area contributed by atoms with Crippen molar-refractivity contribution in [2.24, 2.45) is 11.7 Å². The van der Waals surface area contributed by atoms with Crippen LogP contribution in [-0.4, -0.2) is 22.3 Å². The molecule has 1 saturated heterocycles. The summed E-state index contributed by atoms with van der Waals surface area (Å²) in [5, 5.41) is 0. The van der Waals surface area contributed by atoms with Crippen molar-refractivity contribution in [1.82, 2.24) is 9.55 Å². The van der Waals surface area contributed by atoms with Gasteiger partial charge in [-0.2, -0.15) is 0 Å². The number of hydrogen-bond acceptors (Lipinski definition) is 3. The number of aromatic nitrogens is 2. The van der Waals surface area contributed by atoms with Crippen molar-refractivity contribution in [1.29, 1.82) is 0 Å². The van der Waals surface area contributed by atoms with Crippen LogP contribution in [0, 0.1) is 5.92 Å². The molecule has 4 heteroatoms. The third-order valence-electron chi connectivity index (χ3n) is 4.17. The van der Waals surface area contributed by atoms with Crippen LogP contribution in [0.5, 0.6) is 0 Å². The third-order valence-corrected chi connectivity index (χ3v) is 4.17. The van der Waals surface area contributed by atoms with Crippen molar-refractivity contribution in [2.75, 3.05) is 6.61 Å². The van der Waals surface area contributed by atoms with Gasteiger partial charge in [-0.25, -0.2) is 4.98 Å². The largest absolute Gasteiger partial charge is 0.376 e. The molecule has 0 spiro atoms. The minimum absolute atomic E-state index is 0.0135. The van der Waals surface area contributed by atoms with E-state index in [9.17, 15) is 0 Å². The highest BCUT2D eigenvalue weighted by molar-refractivity contribution is 5.11. The first-order valence-electron chi connectivity index (χ1n) is 6.85. The fourth-order valence-corrected chi connectivity index (χ4v) is 2.78. The van der Waals surface area contributed by atoms with Gasteiger partial charge in [-0.3, -0.25) is 0 Å². The summed E-state index contributed by atoms with van der Waals surface area (Å²) in [5.41, 5.74) is 7.43. The molecule has 2 heterocycles. The summed E-state index contributed by atoms with van der Waals surface area (Å²) in [6, 6.07) is 0.0529. The van der Waals surface area contributed by atoms with E-state index in [1.54, 1.807) is 0 Å². The minimum atomic E-state index is -0.0135. The first-order valence-corrected chi connectivity index (χ1v) is 6.85. The van der Waals surface area contributed by atoms with E-state index in [-0.39, 0.29) is 17.7 Å². The highest BCUT2D eigenvalue weighted by Gasteiger charge is 2.40. The predicted octanol–water partition coefficient (Wildman–Crippen LogP) is 2.45. The number of nitrogens with zero attached hydrogens (tertiary/aromatic N) is 2. The molecule has 3 atom stereocenters. The summed E-state index contributed by atoms with van der Waals surface area (Å²) in [6.07, 6.45) is 6.02. The molecule has 1 aromatic rings. The smallest absolute Gasteiger partial charge is 0.0954 e. The number of rotatable bonds is 4. The Balaban J connectivity index is 2.27. The first kappa shape index (κ1) is 13.6. The van der Waals surface area contributed by atoms with E-state index in [2.05, 4.69) is 37.2 Å². The molecule has 0 aromatic carbocycles. The van der Waals surface area contributed by atoms with Gasteiger partial charge in [-0.05, 0) is 32.6 Å². The van der Waals surface area contributed by atoms with Gasteiger partial charge in [-0.1, -0.05) is 13.8 Å². The lowest BCUT2D eigenvalue weighted by molar-refractivity contribution is 0.0743. The van der Waals surface area contributed by atoms with Crippen LogP contribution in [0.3, 0.4) is 0 Å². The maximum Gasteiger partial charge on any atom is 0.0954 e. The quantitative estimate of drug-likeness (QED) is 0.894. The van der Waals surface area contributed by atoms with E-state index in [1.807, 2.05) is 12.5 Å². The molecule has 1 aromatic heterocycles. The molecule has 2 N–H and O–H groups in total. The van der Waals surface area contributed by atoms with Crippen molar-refractivity contribution < 1.29 is 4.74 Å². The fraction of sp³-hybridized carbons (Fsp3) is 0.786. The Kier molecular flexibility index (Phi) is 3.78. The Morgan fingerprint density at radius 3 is 2.89 bits per heavy atom. The van der Waals surface area contributed by atoms with Gasteiger partial charge in [0.25, 0.3) is 0 Å². The van der Waals surface area contributed by atoms with Crippen molar-refractivity contribution in [3.05, 3.63) is 18.2 Å². The molecule has 1 fully saturated rings. The first-order chi connectivity index (χ1) is 8.45. The van der Waals surface area contributed by atoms with Gasteiger partial charge in [0.1, 0.15) is 0 Å². The van der Waals surface area contributed by atoms with E-state index in [0.29, 0.717) is 5.92 Å². The van der Waals surface area contributed by atoms with Gasteiger partial charge < -0.3 is 15.0 Å². The van der Waals surface area contributed by atoms with E-state index in [1.165, 1.54) is 0 Å². The molecule has 0 aliphatic carbocycles. The lowest BCUT2D eigenvalue weighted by Gasteiger charge is -2.32. The molecular formula is C14H25N3O. The number of hydrogen-bond donors (Lipinski definition) is 1. The number of imidazole rings is 1. The zero-order valence-electron chi connectivity index (χ0n) is 11.9. The van der Waals surface area contributed by atoms with Crippen molar-refractivity contribution in [3.8, 4) is 0 Å². The van der Waals surface area contributed by atoms with Crippen LogP contribution >= 0.6 is 0 Å². The van der Waals surface area contributed by atoms with E-state index < -0.39 is 0 Å². The fourth-order valence-electron chi connectivity index (χ4n) is 2.78. The highest BCUT2D eigenvalue weighted by Crippen LogP contribution is 2.35. The molecule has 1 aliphatic heterocycles. The summed E-state index contributed by atoms with van der Waals surface area (Å²) in [6.45, 7) is 9.57. The summed E-state index contributed by atoms with van der Waals surface area (Å²) in [5.74, 6) is 0.591. The van der Waals surface area contributed by atoms with E-state index >= 15 is 0 Å². The van der Waals surface area contributed by atoms with Crippen molar-refractivity contribution in [2.45, 2.75) is 58.2 Å². The van der Waals surface area contributed by atoms with Crippen LogP contribution in [0.15, 0.2) is 12.5 Å². The van der Waals surface area contributed by atoms with Gasteiger partial charge in [0.05, 0.1) is 23.7 Å². The standard InChI is InChI=1S/C14H25N3O/c1-10(2)7-12(15)13-8-16-9-17(13)14(4)5-6-18-11(14)3/h8-12H,5-7,15H2,1-4H3. The monoisotopic (exact) mass is 251 g/mol. The van der Waals surface area contributed by atoms with Gasteiger partial charge in [0.2, 0.25) is 0 Å². The normalized spacial score (nSPS) is 30.0. The summed E-state index contributed by atoms with van der Waals surface area (Å²) < 4.78 is 7.95. The topological polar surface area (TPSA) is 53.1 Å². The second kappa shape index (κ2) is 5.02. The van der Waals surface area contributed by atoms with E-state index in [0.717, 1.165) is 25.1 Å². The zero-order chi connectivity index (χ0) is 13.3. The van der Waals surface area contributed by atoms with Gasteiger partial charge >= 0.3 is 0 Å². The lowest BCUT2D eigenvalue weighted by Crippen LogP contribution is -2.38.